The second-order valence-electron chi connectivity index (χ2n) is 7.45. The van der Waals surface area contributed by atoms with Gasteiger partial charge in [0.25, 0.3) is 0 Å². The predicted octanol–water partition coefficient (Wildman–Crippen LogP) is 3.86. The fraction of sp³-hybridized carbons (Fsp3) is 0.667. The average molecular weight is 415 g/mol. The van der Waals surface area contributed by atoms with Gasteiger partial charge in [-0.3, -0.25) is 4.79 Å². The smallest absolute Gasteiger partial charge is 0.303 e. The normalized spacial score (nSPS) is 22.9. The highest BCUT2D eigenvalue weighted by molar-refractivity contribution is 7.99. The zero-order valence-corrected chi connectivity index (χ0v) is 17.0. The van der Waals surface area contributed by atoms with Gasteiger partial charge in [0.15, 0.2) is 0 Å². The minimum atomic E-state index is -0.748. The van der Waals surface area contributed by atoms with Crippen LogP contribution in [0.5, 0.6) is 5.75 Å². The number of aliphatic hydroxyl groups is 2. The van der Waals surface area contributed by atoms with Gasteiger partial charge in [0.05, 0.1) is 12.2 Å². The number of ether oxygens (including phenoxy) is 1. The van der Waals surface area contributed by atoms with Gasteiger partial charge in [-0.15, -0.1) is 0 Å². The van der Waals surface area contributed by atoms with Crippen molar-refractivity contribution in [3.63, 3.8) is 0 Å². The van der Waals surface area contributed by atoms with Crippen LogP contribution in [-0.2, 0) is 4.79 Å². The quantitative estimate of drug-likeness (QED) is 0.425. The van der Waals surface area contributed by atoms with Gasteiger partial charge in [0, 0.05) is 23.5 Å². The summed E-state index contributed by atoms with van der Waals surface area (Å²) in [7, 11) is 0. The molecule has 1 aliphatic carbocycles. The fourth-order valence-corrected chi connectivity index (χ4v) is 5.07. The van der Waals surface area contributed by atoms with E-state index in [4.69, 9.17) is 9.84 Å². The molecule has 0 saturated heterocycles. The maximum absolute atomic E-state index is 13.1. The van der Waals surface area contributed by atoms with Crippen LogP contribution < -0.4 is 4.74 Å². The summed E-state index contributed by atoms with van der Waals surface area (Å²) in [6, 6.07) is 5.86. The third kappa shape index (κ3) is 8.37. The molecule has 7 heteroatoms. The van der Waals surface area contributed by atoms with E-state index in [0.29, 0.717) is 23.2 Å². The van der Waals surface area contributed by atoms with E-state index in [9.17, 15) is 19.4 Å². The third-order valence-corrected chi connectivity index (χ3v) is 6.73. The molecule has 28 heavy (non-hydrogen) atoms. The van der Waals surface area contributed by atoms with Crippen molar-refractivity contribution in [2.45, 2.75) is 68.8 Å². The molecule has 158 valence electrons. The number of halogens is 1. The van der Waals surface area contributed by atoms with Gasteiger partial charge in [-0.2, -0.15) is 11.8 Å². The number of rotatable bonds is 13. The van der Waals surface area contributed by atoms with Crippen molar-refractivity contribution in [2.24, 2.45) is 5.92 Å². The van der Waals surface area contributed by atoms with Crippen molar-refractivity contribution >= 4 is 17.7 Å². The van der Waals surface area contributed by atoms with Crippen molar-refractivity contribution in [3.05, 3.63) is 30.1 Å². The van der Waals surface area contributed by atoms with Crippen molar-refractivity contribution in [2.75, 3.05) is 12.4 Å². The molecule has 0 aliphatic heterocycles. The van der Waals surface area contributed by atoms with Gasteiger partial charge in [-0.1, -0.05) is 25.3 Å². The Bertz CT molecular complexity index is 600. The molecular weight excluding hydrogens is 383 g/mol. The summed E-state index contributed by atoms with van der Waals surface area (Å²) in [6.45, 7) is 0.111. The molecule has 3 N–H and O–H groups in total. The Labute approximate surface area is 170 Å². The van der Waals surface area contributed by atoms with Gasteiger partial charge >= 0.3 is 5.97 Å². The molecule has 5 nitrogen and oxygen atoms in total. The van der Waals surface area contributed by atoms with Crippen molar-refractivity contribution in [1.82, 2.24) is 0 Å². The Morgan fingerprint density at radius 3 is 2.79 bits per heavy atom. The van der Waals surface area contributed by atoms with Gasteiger partial charge in [0.1, 0.15) is 18.2 Å². The maximum Gasteiger partial charge on any atom is 0.303 e. The zero-order valence-electron chi connectivity index (χ0n) is 16.1. The summed E-state index contributed by atoms with van der Waals surface area (Å²) in [6.07, 6.45) is 5.52. The molecule has 0 radical (unpaired) electrons. The topological polar surface area (TPSA) is 87.0 Å². The molecule has 0 bridgehead atoms. The highest BCUT2D eigenvalue weighted by Gasteiger charge is 2.34. The predicted molar refractivity (Wildman–Crippen MR) is 108 cm³/mol. The largest absolute Gasteiger partial charge is 0.491 e. The standard InChI is InChI=1S/C21H31FO5S/c22-15-6-5-7-17(12-15)27-13-16(23)14-28-20-11-10-19(24)18(20)8-3-1-2-4-9-21(25)26/h5-7,12,16,18-20,23-24H,1-4,8-11,13-14H2,(H,25,26). The minimum Gasteiger partial charge on any atom is -0.491 e. The molecule has 1 fully saturated rings. The lowest BCUT2D eigenvalue weighted by Gasteiger charge is -2.23. The van der Waals surface area contributed by atoms with E-state index in [2.05, 4.69) is 0 Å². The number of hydrogen-bond acceptors (Lipinski definition) is 5. The second-order valence-corrected chi connectivity index (χ2v) is 8.72. The summed E-state index contributed by atoms with van der Waals surface area (Å²) in [5.74, 6) is 0.0265. The monoisotopic (exact) mass is 414 g/mol. The van der Waals surface area contributed by atoms with Crippen LogP contribution in [-0.4, -0.2) is 51.1 Å². The molecule has 0 amide bonds. The van der Waals surface area contributed by atoms with E-state index in [0.717, 1.165) is 38.5 Å². The van der Waals surface area contributed by atoms with E-state index in [1.807, 2.05) is 0 Å². The Kier molecular flexibility index (Phi) is 10.1. The molecule has 2 rings (SSSR count). The van der Waals surface area contributed by atoms with E-state index >= 15 is 0 Å². The number of aliphatic hydroxyl groups excluding tert-OH is 2. The van der Waals surface area contributed by atoms with Crippen LogP contribution in [0.4, 0.5) is 4.39 Å². The molecular formula is C21H31FO5S. The molecule has 0 aromatic heterocycles. The average Bonchev–Trinajstić information content (AvgIpc) is 3.01. The first-order valence-electron chi connectivity index (χ1n) is 10.0. The lowest BCUT2D eigenvalue weighted by molar-refractivity contribution is -0.137. The number of benzene rings is 1. The van der Waals surface area contributed by atoms with Gasteiger partial charge in [-0.25, -0.2) is 4.39 Å². The lowest BCUT2D eigenvalue weighted by atomic mass is 9.97. The van der Waals surface area contributed by atoms with E-state index in [1.165, 1.54) is 12.1 Å². The number of hydrogen-bond donors (Lipinski definition) is 3. The Balaban J connectivity index is 1.64. The van der Waals surface area contributed by atoms with Crippen LogP contribution >= 0.6 is 11.8 Å². The molecule has 4 atom stereocenters. The maximum atomic E-state index is 13.1. The van der Waals surface area contributed by atoms with Crippen molar-refractivity contribution in [1.29, 1.82) is 0 Å². The van der Waals surface area contributed by atoms with Gasteiger partial charge < -0.3 is 20.1 Å². The first kappa shape index (κ1) is 23.0. The van der Waals surface area contributed by atoms with E-state index < -0.39 is 12.1 Å². The van der Waals surface area contributed by atoms with Crippen molar-refractivity contribution < 1.29 is 29.2 Å². The van der Waals surface area contributed by atoms with Gasteiger partial charge in [-0.05, 0) is 43.7 Å². The number of unbranched alkanes of at least 4 members (excludes halogenated alkanes) is 3. The van der Waals surface area contributed by atoms with Crippen LogP contribution in [0.3, 0.4) is 0 Å². The molecule has 1 aromatic carbocycles. The zero-order chi connectivity index (χ0) is 20.4. The molecule has 0 heterocycles. The summed E-state index contributed by atoms with van der Waals surface area (Å²) in [4.78, 5) is 10.5. The van der Waals surface area contributed by atoms with Crippen LogP contribution in [0.15, 0.2) is 24.3 Å². The first-order valence-corrected chi connectivity index (χ1v) is 11.1. The summed E-state index contributed by atoms with van der Waals surface area (Å²) >= 11 is 1.67. The number of carboxylic acid groups (broad SMARTS) is 1. The summed E-state index contributed by atoms with van der Waals surface area (Å²) in [5, 5.41) is 29.4. The molecule has 1 saturated carbocycles. The van der Waals surface area contributed by atoms with E-state index in [1.54, 1.807) is 23.9 Å². The summed E-state index contributed by atoms with van der Waals surface area (Å²) < 4.78 is 18.6. The van der Waals surface area contributed by atoms with Crippen LogP contribution in [0, 0.1) is 11.7 Å². The summed E-state index contributed by atoms with van der Waals surface area (Å²) in [5.41, 5.74) is 0. The van der Waals surface area contributed by atoms with Crippen LogP contribution in [0.1, 0.15) is 51.4 Å². The highest BCUT2D eigenvalue weighted by atomic mass is 32.2. The Morgan fingerprint density at radius 2 is 2.04 bits per heavy atom. The van der Waals surface area contributed by atoms with E-state index in [-0.39, 0.29) is 30.9 Å². The highest BCUT2D eigenvalue weighted by Crippen LogP contribution is 2.38. The Hall–Kier alpha value is -1.31. The van der Waals surface area contributed by atoms with Gasteiger partial charge in [0.2, 0.25) is 0 Å². The number of thioether (sulfide) groups is 1. The molecule has 1 aromatic rings. The van der Waals surface area contributed by atoms with Crippen LogP contribution in [0.2, 0.25) is 0 Å². The second kappa shape index (κ2) is 12.3. The minimum absolute atomic E-state index is 0.111. The third-order valence-electron chi connectivity index (χ3n) is 5.14. The SMILES string of the molecule is O=C(O)CCCCCCC1C(O)CCC1SCC(O)COc1cccc(F)c1. The fourth-order valence-electron chi connectivity index (χ4n) is 3.64. The number of carbonyl (C=O) groups is 1. The Morgan fingerprint density at radius 1 is 1.25 bits per heavy atom. The first-order chi connectivity index (χ1) is 13.5. The lowest BCUT2D eigenvalue weighted by Crippen LogP contribution is -2.25. The molecule has 1 aliphatic rings. The van der Waals surface area contributed by atoms with Crippen molar-refractivity contribution in [3.8, 4) is 5.75 Å². The molecule has 4 unspecified atom stereocenters. The molecule has 0 spiro atoms. The van der Waals surface area contributed by atoms with Crippen LogP contribution in [0.25, 0.3) is 0 Å². The number of aliphatic carboxylic acids is 1. The number of carboxylic acids is 1.